The number of carbonyl (C=O) groups excluding carboxylic acids is 1. The average molecular weight is 682 g/mol. The molecule has 3 fully saturated rings. The van der Waals surface area contributed by atoms with E-state index in [0.29, 0.717) is 57.7 Å². The quantitative estimate of drug-likeness (QED) is 0.266. The van der Waals surface area contributed by atoms with Crippen molar-refractivity contribution in [3.63, 3.8) is 0 Å². The van der Waals surface area contributed by atoms with Gasteiger partial charge in [0.1, 0.15) is 6.04 Å². The van der Waals surface area contributed by atoms with E-state index in [0.717, 1.165) is 38.6 Å². The van der Waals surface area contributed by atoms with Gasteiger partial charge in [-0.1, -0.05) is 49.6 Å². The van der Waals surface area contributed by atoms with Crippen LogP contribution in [0.15, 0.2) is 48.5 Å². The predicted octanol–water partition coefficient (Wildman–Crippen LogP) is 7.33. The fourth-order valence-electron chi connectivity index (χ4n) is 8.28. The van der Waals surface area contributed by atoms with E-state index in [-0.39, 0.29) is 35.4 Å². The van der Waals surface area contributed by atoms with Crippen LogP contribution in [-0.4, -0.2) is 83.0 Å². The van der Waals surface area contributed by atoms with Crippen LogP contribution in [0.3, 0.4) is 0 Å². The summed E-state index contributed by atoms with van der Waals surface area (Å²) in [6, 6.07) is 10.9. The van der Waals surface area contributed by atoms with Crippen molar-refractivity contribution >= 4 is 11.9 Å². The van der Waals surface area contributed by atoms with Gasteiger partial charge in [0.05, 0.1) is 17.5 Å². The number of hydrogen-bond donors (Lipinski definition) is 1. The van der Waals surface area contributed by atoms with Crippen LogP contribution in [-0.2, 0) is 28.4 Å². The third kappa shape index (κ3) is 8.72. The lowest BCUT2D eigenvalue weighted by atomic mass is 9.83. The van der Waals surface area contributed by atoms with Crippen molar-refractivity contribution in [3.05, 3.63) is 70.8 Å². The Morgan fingerprint density at radius 1 is 0.875 bits per heavy atom. The van der Waals surface area contributed by atoms with Crippen molar-refractivity contribution in [1.29, 1.82) is 0 Å². The van der Waals surface area contributed by atoms with E-state index in [2.05, 4.69) is 21.9 Å². The zero-order valence-corrected chi connectivity index (χ0v) is 27.3. The lowest BCUT2D eigenvalue weighted by Crippen LogP contribution is -2.49. The molecule has 48 heavy (non-hydrogen) atoms. The van der Waals surface area contributed by atoms with Crippen LogP contribution in [0.1, 0.15) is 80.0 Å². The molecule has 2 aliphatic heterocycles. The summed E-state index contributed by atoms with van der Waals surface area (Å²) in [5, 5.41) is 10.3. The number of amides is 1. The molecule has 3 atom stereocenters. The molecule has 0 unspecified atom stereocenters. The molecule has 1 aliphatic carbocycles. The first-order chi connectivity index (χ1) is 22.7. The number of carboxylic acid groups (broad SMARTS) is 1. The van der Waals surface area contributed by atoms with Gasteiger partial charge < -0.3 is 14.9 Å². The molecule has 5 rings (SSSR count). The molecule has 2 saturated heterocycles. The number of hydrogen-bond acceptors (Lipinski definition) is 4. The molecule has 1 N–H and O–H groups in total. The summed E-state index contributed by atoms with van der Waals surface area (Å²) >= 11 is 0. The molecule has 6 nitrogen and oxygen atoms in total. The van der Waals surface area contributed by atoms with Crippen molar-refractivity contribution in [2.24, 2.45) is 11.8 Å². The van der Waals surface area contributed by atoms with Gasteiger partial charge in [-0.2, -0.15) is 26.3 Å². The summed E-state index contributed by atoms with van der Waals surface area (Å²) < 4.78 is 80.3. The number of benzene rings is 2. The van der Waals surface area contributed by atoms with Crippen LogP contribution in [0.5, 0.6) is 0 Å². The van der Waals surface area contributed by atoms with Crippen molar-refractivity contribution in [1.82, 2.24) is 14.7 Å². The number of halogens is 6. The summed E-state index contributed by atoms with van der Waals surface area (Å²) in [5.41, 5.74) is -1.98. The van der Waals surface area contributed by atoms with Gasteiger partial charge in [-0.05, 0) is 73.8 Å². The number of alkyl halides is 6. The Hall–Kier alpha value is -3.12. The number of likely N-dealkylation sites (tertiary alicyclic amines) is 2. The van der Waals surface area contributed by atoms with Gasteiger partial charge in [0.15, 0.2) is 0 Å². The average Bonchev–Trinajstić information content (AvgIpc) is 3.44. The number of carbonyl (C=O) groups is 2. The maximum Gasteiger partial charge on any atom is 0.416 e. The standard InChI is InChI=1S/C36H45F6N3O3/c1-2-45(32(46)19-24-17-28(35(37,38)39)20-29(18-24)36(40,41)42)30-13-15-43(16-14-30)21-27-22-44(23-31(27)25-9-5-3-6-10-25)33(34(47)48)26-11-7-4-8-12-26/h3,5-6,9-10,17-18,20,26-27,30-31,33H,2,4,7-8,11-16,19,21-23H2,1H3,(H,47,48)/t27-,31+,33+/m0/s1. The van der Waals surface area contributed by atoms with E-state index in [1.807, 2.05) is 18.2 Å². The molecule has 2 heterocycles. The summed E-state index contributed by atoms with van der Waals surface area (Å²) in [4.78, 5) is 32.0. The Kier molecular flexibility index (Phi) is 11.4. The van der Waals surface area contributed by atoms with Crippen LogP contribution in [0, 0.1) is 11.8 Å². The van der Waals surface area contributed by atoms with Crippen molar-refractivity contribution < 1.29 is 41.0 Å². The molecule has 0 bridgehead atoms. The van der Waals surface area contributed by atoms with Gasteiger partial charge in [-0.3, -0.25) is 14.5 Å². The molecule has 264 valence electrons. The highest BCUT2D eigenvalue weighted by Gasteiger charge is 2.43. The molecule has 2 aromatic rings. The first-order valence-corrected chi connectivity index (χ1v) is 17.1. The summed E-state index contributed by atoms with van der Waals surface area (Å²) in [6.07, 6.45) is -4.10. The normalized spacial score (nSPS) is 22.9. The van der Waals surface area contributed by atoms with Crippen molar-refractivity contribution in [3.8, 4) is 0 Å². The molecule has 2 aromatic carbocycles. The fourth-order valence-corrected chi connectivity index (χ4v) is 8.28. The first kappa shape index (κ1) is 36.2. The van der Waals surface area contributed by atoms with Gasteiger partial charge in [0.2, 0.25) is 5.91 Å². The molecule has 1 amide bonds. The predicted molar refractivity (Wildman–Crippen MR) is 169 cm³/mol. The Labute approximate surface area is 278 Å². The lowest BCUT2D eigenvalue weighted by molar-refractivity contribution is -0.146. The molecule has 0 aromatic heterocycles. The summed E-state index contributed by atoms with van der Waals surface area (Å²) in [5.74, 6) is -0.712. The number of nitrogens with zero attached hydrogens (tertiary/aromatic N) is 3. The minimum atomic E-state index is -4.98. The van der Waals surface area contributed by atoms with Crippen LogP contribution in [0.25, 0.3) is 0 Å². The second-order valence-corrected chi connectivity index (χ2v) is 13.7. The highest BCUT2D eigenvalue weighted by atomic mass is 19.4. The van der Waals surface area contributed by atoms with Crippen molar-refractivity contribution in [2.45, 2.75) is 88.6 Å². The number of carboxylic acids is 1. The topological polar surface area (TPSA) is 64.1 Å². The summed E-state index contributed by atoms with van der Waals surface area (Å²) in [7, 11) is 0. The highest BCUT2D eigenvalue weighted by molar-refractivity contribution is 5.79. The zero-order valence-electron chi connectivity index (χ0n) is 27.3. The smallest absolute Gasteiger partial charge is 0.416 e. The zero-order chi connectivity index (χ0) is 34.6. The SMILES string of the molecule is CCN(C(=O)Cc1cc(C(F)(F)F)cc(C(F)(F)F)c1)C1CCN(C[C@H]2CN([C@@H](C(=O)O)C3CCCCC3)C[C@@H]2c2ccccc2)CC1. The minimum Gasteiger partial charge on any atom is -0.480 e. The van der Waals surface area contributed by atoms with Crippen LogP contribution < -0.4 is 0 Å². The van der Waals surface area contributed by atoms with E-state index in [1.54, 1.807) is 11.8 Å². The third-order valence-corrected chi connectivity index (χ3v) is 10.6. The lowest BCUT2D eigenvalue weighted by Gasteiger charge is -2.39. The molecule has 0 spiro atoms. The molecule has 1 saturated carbocycles. The van der Waals surface area contributed by atoms with Gasteiger partial charge >= 0.3 is 18.3 Å². The van der Waals surface area contributed by atoms with E-state index in [4.69, 9.17) is 0 Å². The second-order valence-electron chi connectivity index (χ2n) is 13.7. The van der Waals surface area contributed by atoms with E-state index >= 15 is 0 Å². The highest BCUT2D eigenvalue weighted by Crippen LogP contribution is 2.39. The van der Waals surface area contributed by atoms with Gasteiger partial charge in [0.25, 0.3) is 0 Å². The fraction of sp³-hybridized carbons (Fsp3) is 0.611. The van der Waals surface area contributed by atoms with E-state index in [1.165, 1.54) is 5.56 Å². The largest absolute Gasteiger partial charge is 0.480 e. The number of piperidine rings is 1. The Morgan fingerprint density at radius 3 is 2.02 bits per heavy atom. The third-order valence-electron chi connectivity index (χ3n) is 10.6. The number of rotatable bonds is 10. The van der Waals surface area contributed by atoms with Crippen LogP contribution in [0.2, 0.25) is 0 Å². The molecule has 0 radical (unpaired) electrons. The minimum absolute atomic E-state index is 0.0744. The first-order valence-electron chi connectivity index (χ1n) is 17.1. The molecule has 3 aliphatic rings. The monoisotopic (exact) mass is 681 g/mol. The molecular formula is C36H45F6N3O3. The van der Waals surface area contributed by atoms with Gasteiger partial charge in [-0.15, -0.1) is 0 Å². The van der Waals surface area contributed by atoms with Crippen LogP contribution >= 0.6 is 0 Å². The Balaban J connectivity index is 1.24. The van der Waals surface area contributed by atoms with Crippen molar-refractivity contribution in [2.75, 3.05) is 39.3 Å². The Bertz CT molecular complexity index is 1360. The number of likely N-dealkylation sites (N-methyl/N-ethyl adjacent to an activating group) is 1. The Morgan fingerprint density at radius 2 is 1.48 bits per heavy atom. The summed E-state index contributed by atoms with van der Waals surface area (Å²) in [6.45, 7) is 5.55. The maximum atomic E-state index is 13.4. The van der Waals surface area contributed by atoms with Gasteiger partial charge in [-0.25, -0.2) is 0 Å². The molecule has 12 heteroatoms. The van der Waals surface area contributed by atoms with Gasteiger partial charge in [0, 0.05) is 51.2 Å². The second kappa shape index (κ2) is 15.2. The van der Waals surface area contributed by atoms with E-state index in [9.17, 15) is 41.0 Å². The molecular weight excluding hydrogens is 636 g/mol. The number of aliphatic carboxylic acids is 1. The van der Waals surface area contributed by atoms with Crippen LogP contribution in [0.4, 0.5) is 26.3 Å². The maximum absolute atomic E-state index is 13.4. The van der Waals surface area contributed by atoms with E-state index < -0.39 is 47.8 Å².